The molecule has 2 rings (SSSR count). The summed E-state index contributed by atoms with van der Waals surface area (Å²) in [5, 5.41) is 9.60. The summed E-state index contributed by atoms with van der Waals surface area (Å²) in [6, 6.07) is 6.13. The van der Waals surface area contributed by atoms with Crippen molar-refractivity contribution >= 4 is 5.97 Å². The summed E-state index contributed by atoms with van der Waals surface area (Å²) < 4.78 is 49.0. The predicted octanol–water partition coefficient (Wildman–Crippen LogP) is 4.52. The summed E-state index contributed by atoms with van der Waals surface area (Å²) in [6.45, 7) is 5.20. The van der Waals surface area contributed by atoms with E-state index in [1.165, 1.54) is 12.1 Å². The molecule has 0 unspecified atom stereocenters. The quantitative estimate of drug-likeness (QED) is 0.715. The Morgan fingerprint density at radius 2 is 1.81 bits per heavy atom. The molecule has 0 atom stereocenters. The minimum absolute atomic E-state index is 0.0143. The molecule has 27 heavy (non-hydrogen) atoms. The Morgan fingerprint density at radius 3 is 2.30 bits per heavy atom. The first-order valence-corrected chi connectivity index (χ1v) is 8.16. The number of ether oxygens (including phenoxy) is 2. The number of rotatable bonds is 5. The molecule has 0 aliphatic carbocycles. The first kappa shape index (κ1) is 20.2. The predicted molar refractivity (Wildman–Crippen MR) is 91.3 cm³/mol. The van der Waals surface area contributed by atoms with Gasteiger partial charge in [0.15, 0.2) is 0 Å². The van der Waals surface area contributed by atoms with Crippen LogP contribution in [-0.4, -0.2) is 24.2 Å². The van der Waals surface area contributed by atoms with E-state index in [-0.39, 0.29) is 47.0 Å². The average molecular weight is 378 g/mol. The van der Waals surface area contributed by atoms with Crippen LogP contribution in [0.1, 0.15) is 41.0 Å². The van der Waals surface area contributed by atoms with Crippen molar-refractivity contribution in [2.24, 2.45) is 0 Å². The fourth-order valence-electron chi connectivity index (χ4n) is 2.59. The first-order chi connectivity index (χ1) is 12.7. The van der Waals surface area contributed by atoms with Crippen LogP contribution in [0.25, 0.3) is 11.1 Å². The van der Waals surface area contributed by atoms with E-state index in [0.717, 1.165) is 12.1 Å². The van der Waals surface area contributed by atoms with Gasteiger partial charge in [-0.1, -0.05) is 12.1 Å². The number of nitriles is 1. The van der Waals surface area contributed by atoms with Crippen molar-refractivity contribution in [1.82, 2.24) is 4.98 Å². The van der Waals surface area contributed by atoms with Crippen molar-refractivity contribution in [3.8, 4) is 23.1 Å². The highest BCUT2D eigenvalue weighted by molar-refractivity contribution is 6.00. The van der Waals surface area contributed by atoms with Gasteiger partial charge in [-0.25, -0.2) is 9.78 Å². The maximum Gasteiger partial charge on any atom is 0.416 e. The largest absolute Gasteiger partial charge is 0.477 e. The molecule has 0 fully saturated rings. The molecule has 5 nitrogen and oxygen atoms in total. The lowest BCUT2D eigenvalue weighted by molar-refractivity contribution is -0.137. The van der Waals surface area contributed by atoms with Crippen LogP contribution in [0.15, 0.2) is 24.3 Å². The summed E-state index contributed by atoms with van der Waals surface area (Å²) in [4.78, 5) is 16.6. The molecule has 1 aromatic carbocycles. The maximum absolute atomic E-state index is 12.8. The first-order valence-electron chi connectivity index (χ1n) is 8.16. The third-order valence-corrected chi connectivity index (χ3v) is 3.72. The van der Waals surface area contributed by atoms with Crippen molar-refractivity contribution in [1.29, 1.82) is 5.26 Å². The highest BCUT2D eigenvalue weighted by Crippen LogP contribution is 2.36. The van der Waals surface area contributed by atoms with Gasteiger partial charge in [0.1, 0.15) is 11.6 Å². The van der Waals surface area contributed by atoms with E-state index in [9.17, 15) is 23.2 Å². The Kier molecular flexibility index (Phi) is 6.05. The minimum Gasteiger partial charge on any atom is -0.477 e. The number of carbonyl (C=O) groups excluding carboxylic acids is 1. The molecule has 0 aliphatic rings. The molecular formula is C19H17F3N2O3. The summed E-state index contributed by atoms with van der Waals surface area (Å²) in [5.74, 6) is -0.697. The second-order valence-electron chi connectivity index (χ2n) is 5.47. The number of aromatic nitrogens is 1. The third-order valence-electron chi connectivity index (χ3n) is 3.72. The molecule has 0 bridgehead atoms. The Labute approximate surface area is 154 Å². The molecule has 0 N–H and O–H groups in total. The monoisotopic (exact) mass is 378 g/mol. The van der Waals surface area contributed by atoms with Crippen LogP contribution in [0.3, 0.4) is 0 Å². The van der Waals surface area contributed by atoms with Crippen LogP contribution in [0.4, 0.5) is 13.2 Å². The number of nitrogens with zero attached hydrogens (tertiary/aromatic N) is 2. The van der Waals surface area contributed by atoms with Crippen LogP contribution >= 0.6 is 0 Å². The van der Waals surface area contributed by atoms with Crippen LogP contribution in [0.5, 0.6) is 5.88 Å². The zero-order valence-corrected chi connectivity index (χ0v) is 15.0. The third kappa shape index (κ3) is 4.19. The summed E-state index contributed by atoms with van der Waals surface area (Å²) in [5.41, 5.74) is -0.194. The Balaban J connectivity index is 2.78. The molecule has 0 amide bonds. The van der Waals surface area contributed by atoms with E-state index in [0.29, 0.717) is 0 Å². The standard InChI is InChI=1S/C19H17F3N2O3/c1-4-26-17-14(10-23)16(15(11(3)24-17)18(25)27-5-2)12-6-8-13(9-7-12)19(20,21)22/h6-9H,4-5H2,1-3H3. The molecule has 1 heterocycles. The van der Waals surface area contributed by atoms with Crippen LogP contribution in [0.2, 0.25) is 0 Å². The highest BCUT2D eigenvalue weighted by atomic mass is 19.4. The number of hydrogen-bond donors (Lipinski definition) is 0. The van der Waals surface area contributed by atoms with Gasteiger partial charge in [-0.05, 0) is 38.5 Å². The summed E-state index contributed by atoms with van der Waals surface area (Å²) in [7, 11) is 0. The second kappa shape index (κ2) is 8.08. The van der Waals surface area contributed by atoms with Gasteiger partial charge < -0.3 is 9.47 Å². The number of carbonyl (C=O) groups is 1. The van der Waals surface area contributed by atoms with Crippen LogP contribution in [-0.2, 0) is 10.9 Å². The molecule has 0 radical (unpaired) electrons. The highest BCUT2D eigenvalue weighted by Gasteiger charge is 2.31. The Morgan fingerprint density at radius 1 is 1.19 bits per heavy atom. The van der Waals surface area contributed by atoms with Gasteiger partial charge >= 0.3 is 12.1 Å². The van der Waals surface area contributed by atoms with Crippen molar-refractivity contribution in [3.05, 3.63) is 46.6 Å². The van der Waals surface area contributed by atoms with E-state index in [1.54, 1.807) is 20.8 Å². The van der Waals surface area contributed by atoms with Crippen molar-refractivity contribution in [3.63, 3.8) is 0 Å². The normalized spacial score (nSPS) is 11.0. The van der Waals surface area contributed by atoms with Gasteiger partial charge in [0.05, 0.1) is 30.0 Å². The Bertz CT molecular complexity index is 885. The lowest BCUT2D eigenvalue weighted by Gasteiger charge is -2.16. The van der Waals surface area contributed by atoms with Gasteiger partial charge in [-0.2, -0.15) is 18.4 Å². The number of benzene rings is 1. The maximum atomic E-state index is 12.8. The fourth-order valence-corrected chi connectivity index (χ4v) is 2.59. The number of esters is 1. The van der Waals surface area contributed by atoms with E-state index in [2.05, 4.69) is 4.98 Å². The second-order valence-corrected chi connectivity index (χ2v) is 5.47. The smallest absolute Gasteiger partial charge is 0.416 e. The van der Waals surface area contributed by atoms with E-state index >= 15 is 0 Å². The van der Waals surface area contributed by atoms with Crippen molar-refractivity contribution in [2.75, 3.05) is 13.2 Å². The topological polar surface area (TPSA) is 72.2 Å². The van der Waals surface area contributed by atoms with Gasteiger partial charge in [-0.15, -0.1) is 0 Å². The zero-order valence-electron chi connectivity index (χ0n) is 15.0. The zero-order chi connectivity index (χ0) is 20.2. The molecular weight excluding hydrogens is 361 g/mol. The average Bonchev–Trinajstić information content (AvgIpc) is 2.61. The van der Waals surface area contributed by atoms with E-state index in [1.807, 2.05) is 6.07 Å². The molecule has 142 valence electrons. The van der Waals surface area contributed by atoms with Crippen molar-refractivity contribution < 1.29 is 27.4 Å². The van der Waals surface area contributed by atoms with Crippen molar-refractivity contribution in [2.45, 2.75) is 26.9 Å². The number of halogens is 3. The van der Waals surface area contributed by atoms with Crippen LogP contribution < -0.4 is 4.74 Å². The van der Waals surface area contributed by atoms with Crippen LogP contribution in [0, 0.1) is 18.3 Å². The van der Waals surface area contributed by atoms with Gasteiger partial charge in [0.2, 0.25) is 5.88 Å². The van der Waals surface area contributed by atoms with Gasteiger partial charge in [-0.3, -0.25) is 0 Å². The summed E-state index contributed by atoms with van der Waals surface area (Å²) in [6.07, 6.45) is -4.49. The molecule has 0 spiro atoms. The lowest BCUT2D eigenvalue weighted by atomic mass is 9.94. The summed E-state index contributed by atoms with van der Waals surface area (Å²) >= 11 is 0. The number of alkyl halides is 3. The molecule has 0 saturated heterocycles. The lowest BCUT2D eigenvalue weighted by Crippen LogP contribution is -2.13. The number of hydrogen-bond acceptors (Lipinski definition) is 5. The Hall–Kier alpha value is -3.08. The van der Waals surface area contributed by atoms with Gasteiger partial charge in [0, 0.05) is 5.56 Å². The molecule has 2 aromatic rings. The number of aryl methyl sites for hydroxylation is 1. The number of pyridine rings is 1. The molecule has 0 saturated carbocycles. The van der Waals surface area contributed by atoms with E-state index in [4.69, 9.17) is 9.47 Å². The molecule has 1 aromatic heterocycles. The fraction of sp³-hybridized carbons (Fsp3) is 0.316. The SMILES string of the molecule is CCOC(=O)c1c(C)nc(OCC)c(C#N)c1-c1ccc(C(F)(F)F)cc1. The molecule has 8 heteroatoms. The van der Waals surface area contributed by atoms with Gasteiger partial charge in [0.25, 0.3) is 0 Å². The minimum atomic E-state index is -4.49. The van der Waals surface area contributed by atoms with E-state index < -0.39 is 17.7 Å². The molecule has 0 aliphatic heterocycles.